The molecule has 0 fully saturated rings. The molecule has 1 aromatic carbocycles. The summed E-state index contributed by atoms with van der Waals surface area (Å²) >= 11 is 0. The van der Waals surface area contributed by atoms with Crippen molar-refractivity contribution in [2.24, 2.45) is 0 Å². The largest absolute Gasteiger partial charge is 0.435 e. The van der Waals surface area contributed by atoms with Crippen LogP contribution in [0.3, 0.4) is 0 Å². The third-order valence-electron chi connectivity index (χ3n) is 4.74. The zero-order chi connectivity index (χ0) is 23.0. The number of anilines is 1. The van der Waals surface area contributed by atoms with Crippen LogP contribution in [0.1, 0.15) is 21.7 Å². The number of carbonyl (C=O) groups excluding carboxylic acids is 1. The maximum Gasteiger partial charge on any atom is 0.435 e. The van der Waals surface area contributed by atoms with Gasteiger partial charge in [0.2, 0.25) is 0 Å². The van der Waals surface area contributed by atoms with Crippen molar-refractivity contribution in [3.63, 3.8) is 0 Å². The smallest absolute Gasteiger partial charge is 0.394 e. The fourth-order valence-electron chi connectivity index (χ4n) is 3.37. The molecule has 1 amide bonds. The first-order valence-electron chi connectivity index (χ1n) is 9.44. The van der Waals surface area contributed by atoms with Gasteiger partial charge in [-0.15, -0.1) is 0 Å². The number of halogens is 3. The lowest BCUT2D eigenvalue weighted by Crippen LogP contribution is -2.29. The van der Waals surface area contributed by atoms with Crippen molar-refractivity contribution in [3.8, 4) is 11.1 Å². The minimum absolute atomic E-state index is 0.0700. The van der Waals surface area contributed by atoms with E-state index in [1.807, 2.05) is 0 Å². The van der Waals surface area contributed by atoms with Crippen LogP contribution in [0.5, 0.6) is 0 Å². The summed E-state index contributed by atoms with van der Waals surface area (Å²) in [7, 11) is 0. The van der Waals surface area contributed by atoms with Crippen LogP contribution >= 0.6 is 0 Å². The molecule has 0 spiro atoms. The van der Waals surface area contributed by atoms with E-state index >= 15 is 0 Å². The van der Waals surface area contributed by atoms with Gasteiger partial charge in [-0.2, -0.15) is 27.9 Å². The number of alkyl halides is 3. The molecule has 0 aliphatic rings. The van der Waals surface area contributed by atoms with Crippen molar-refractivity contribution in [3.05, 3.63) is 69.9 Å². The standard InChI is InChI=1S/C20H17F3N6O3/c1-11-14(18(31)25-13-7-8-28(26-13)9-10-30)19(32)29-17(24-11)15(12-5-3-2-4-6-12)16(27-29)20(21,22)23/h2-8,24,30H,9-10H2,1H3,(H,25,26,31). The monoisotopic (exact) mass is 446 g/mol. The van der Waals surface area contributed by atoms with Gasteiger partial charge in [0.25, 0.3) is 11.5 Å². The molecule has 32 heavy (non-hydrogen) atoms. The number of nitrogens with one attached hydrogen (secondary N) is 2. The second kappa shape index (κ2) is 7.96. The molecular formula is C20H17F3N6O3. The van der Waals surface area contributed by atoms with Crippen LogP contribution in [0, 0.1) is 6.92 Å². The van der Waals surface area contributed by atoms with Crippen LogP contribution in [0.4, 0.5) is 19.0 Å². The Hall–Kier alpha value is -3.93. The molecule has 4 rings (SSSR count). The van der Waals surface area contributed by atoms with E-state index in [4.69, 9.17) is 5.11 Å². The third-order valence-corrected chi connectivity index (χ3v) is 4.74. The molecule has 0 aliphatic heterocycles. The molecule has 3 heterocycles. The molecule has 0 radical (unpaired) electrons. The fraction of sp³-hybridized carbons (Fsp3) is 0.200. The molecule has 3 N–H and O–H groups in total. The molecule has 4 aromatic rings. The Bertz CT molecular complexity index is 1350. The number of hydrogen-bond donors (Lipinski definition) is 3. The summed E-state index contributed by atoms with van der Waals surface area (Å²) in [4.78, 5) is 28.5. The summed E-state index contributed by atoms with van der Waals surface area (Å²) in [5.41, 5.74) is -2.81. The normalized spacial score (nSPS) is 11.8. The number of rotatable bonds is 5. The molecule has 12 heteroatoms. The van der Waals surface area contributed by atoms with Crippen LogP contribution in [0.25, 0.3) is 16.8 Å². The topological polar surface area (TPSA) is 117 Å². The van der Waals surface area contributed by atoms with Crippen molar-refractivity contribution in [2.45, 2.75) is 19.6 Å². The quantitative estimate of drug-likeness (QED) is 0.435. The Balaban J connectivity index is 1.84. The second-order valence-electron chi connectivity index (χ2n) is 6.92. The van der Waals surface area contributed by atoms with E-state index in [1.54, 1.807) is 18.2 Å². The SMILES string of the molecule is Cc1[nH]c2c(-c3ccccc3)c(C(F)(F)F)nn2c(=O)c1C(=O)Nc1ccn(CCO)n1. The number of aliphatic hydroxyl groups excluding tert-OH is 1. The first-order valence-corrected chi connectivity index (χ1v) is 9.44. The first kappa shape index (κ1) is 21.3. The number of aromatic amines is 1. The van der Waals surface area contributed by atoms with E-state index in [9.17, 15) is 22.8 Å². The van der Waals surface area contributed by atoms with Gasteiger partial charge in [-0.3, -0.25) is 14.3 Å². The van der Waals surface area contributed by atoms with Gasteiger partial charge in [-0.05, 0) is 12.5 Å². The van der Waals surface area contributed by atoms with Crippen LogP contribution in [0.15, 0.2) is 47.4 Å². The van der Waals surface area contributed by atoms with E-state index < -0.39 is 28.9 Å². The molecular weight excluding hydrogens is 429 g/mol. The Kier molecular flexibility index (Phi) is 5.30. The predicted molar refractivity (Wildman–Crippen MR) is 108 cm³/mol. The number of H-pyrrole nitrogens is 1. The number of hydrogen-bond acceptors (Lipinski definition) is 5. The Morgan fingerprint density at radius 2 is 1.91 bits per heavy atom. The second-order valence-corrected chi connectivity index (χ2v) is 6.92. The minimum Gasteiger partial charge on any atom is -0.394 e. The molecule has 0 unspecified atom stereocenters. The van der Waals surface area contributed by atoms with Crippen molar-refractivity contribution < 1.29 is 23.1 Å². The van der Waals surface area contributed by atoms with Crippen LogP contribution in [-0.4, -0.2) is 42.0 Å². The van der Waals surface area contributed by atoms with Gasteiger partial charge >= 0.3 is 6.18 Å². The van der Waals surface area contributed by atoms with Gasteiger partial charge in [0.05, 0.1) is 18.7 Å². The number of aryl methyl sites for hydroxylation is 1. The summed E-state index contributed by atoms with van der Waals surface area (Å²) in [6.07, 6.45) is -3.31. The first-order chi connectivity index (χ1) is 15.2. The summed E-state index contributed by atoms with van der Waals surface area (Å²) < 4.78 is 43.1. The maximum absolute atomic E-state index is 13.7. The van der Waals surface area contributed by atoms with Crippen molar-refractivity contribution >= 4 is 17.4 Å². The van der Waals surface area contributed by atoms with Gasteiger partial charge in [0.15, 0.2) is 11.5 Å². The fourth-order valence-corrected chi connectivity index (χ4v) is 3.37. The molecule has 166 valence electrons. The molecule has 3 aromatic heterocycles. The van der Waals surface area contributed by atoms with Gasteiger partial charge < -0.3 is 15.4 Å². The predicted octanol–water partition coefficient (Wildman–Crippen LogP) is 2.46. The van der Waals surface area contributed by atoms with Crippen molar-refractivity contribution in [1.29, 1.82) is 0 Å². The Labute approximate surface area is 178 Å². The van der Waals surface area contributed by atoms with Gasteiger partial charge in [-0.1, -0.05) is 30.3 Å². The molecule has 9 nitrogen and oxygen atoms in total. The zero-order valence-electron chi connectivity index (χ0n) is 16.6. The number of benzene rings is 1. The van der Waals surface area contributed by atoms with Gasteiger partial charge in [-0.25, -0.2) is 0 Å². The van der Waals surface area contributed by atoms with Crippen molar-refractivity contribution in [1.82, 2.24) is 24.4 Å². The van der Waals surface area contributed by atoms with Crippen molar-refractivity contribution in [2.75, 3.05) is 11.9 Å². The van der Waals surface area contributed by atoms with Crippen LogP contribution < -0.4 is 10.9 Å². The molecule has 0 aliphatic carbocycles. The summed E-state index contributed by atoms with van der Waals surface area (Å²) in [5.74, 6) is -0.742. The number of amides is 1. The summed E-state index contributed by atoms with van der Waals surface area (Å²) in [6.45, 7) is 1.46. The average Bonchev–Trinajstić information content (AvgIpc) is 3.33. The van der Waals surface area contributed by atoms with Gasteiger partial charge in [0, 0.05) is 18.0 Å². The lowest BCUT2D eigenvalue weighted by atomic mass is 10.1. The van der Waals surface area contributed by atoms with Gasteiger partial charge in [0.1, 0.15) is 11.2 Å². The van der Waals surface area contributed by atoms with E-state index in [2.05, 4.69) is 20.5 Å². The maximum atomic E-state index is 13.7. The highest BCUT2D eigenvalue weighted by atomic mass is 19.4. The minimum atomic E-state index is -4.83. The Morgan fingerprint density at radius 1 is 1.19 bits per heavy atom. The molecule has 0 atom stereocenters. The number of aliphatic hydroxyl groups is 1. The number of nitrogens with zero attached hydrogens (tertiary/aromatic N) is 4. The number of fused-ring (bicyclic) bond motifs is 1. The van der Waals surface area contributed by atoms with E-state index in [1.165, 1.54) is 36.0 Å². The highest BCUT2D eigenvalue weighted by Gasteiger charge is 2.39. The third kappa shape index (κ3) is 3.75. The van der Waals surface area contributed by atoms with E-state index in [0.717, 1.165) is 0 Å². The summed E-state index contributed by atoms with van der Waals surface area (Å²) in [5, 5.41) is 18.9. The average molecular weight is 446 g/mol. The zero-order valence-corrected chi connectivity index (χ0v) is 16.6. The lowest BCUT2D eigenvalue weighted by Gasteiger charge is -2.08. The lowest BCUT2D eigenvalue weighted by molar-refractivity contribution is -0.140. The number of aromatic nitrogens is 5. The molecule has 0 saturated carbocycles. The van der Waals surface area contributed by atoms with Crippen LogP contribution in [-0.2, 0) is 12.7 Å². The Morgan fingerprint density at radius 3 is 2.56 bits per heavy atom. The highest BCUT2D eigenvalue weighted by Crippen LogP contribution is 2.38. The van der Waals surface area contributed by atoms with Crippen LogP contribution in [0.2, 0.25) is 0 Å². The van der Waals surface area contributed by atoms with E-state index in [0.29, 0.717) is 4.52 Å². The molecule has 0 saturated heterocycles. The van der Waals surface area contributed by atoms with E-state index in [-0.39, 0.29) is 41.4 Å². The highest BCUT2D eigenvalue weighted by molar-refractivity contribution is 6.04. The number of carbonyl (C=O) groups is 1. The molecule has 0 bridgehead atoms. The summed E-state index contributed by atoms with van der Waals surface area (Å²) in [6, 6.07) is 9.20.